The van der Waals surface area contributed by atoms with Crippen molar-refractivity contribution in [3.8, 4) is 0 Å². The van der Waals surface area contributed by atoms with Gasteiger partial charge in [0.15, 0.2) is 0 Å². The molecule has 4 rings (SSSR count). The minimum absolute atomic E-state index is 0.120. The molecule has 0 radical (unpaired) electrons. The lowest BCUT2D eigenvalue weighted by Gasteiger charge is -2.28. The molecule has 180 valence electrons. The molecule has 0 saturated heterocycles. The first-order valence-corrected chi connectivity index (χ1v) is 11.8. The summed E-state index contributed by atoms with van der Waals surface area (Å²) in [6.45, 7) is -0.499. The molecule has 3 aromatic carbocycles. The van der Waals surface area contributed by atoms with Gasteiger partial charge in [-0.25, -0.2) is 9.59 Å². The second-order valence-electron chi connectivity index (χ2n) is 7.96. The topological polar surface area (TPSA) is 85.2 Å². The van der Waals surface area contributed by atoms with Gasteiger partial charge < -0.3 is 14.7 Å². The quantitative estimate of drug-likeness (QED) is 0.208. The largest absolute Gasteiger partial charge is 0.461 e. The fourth-order valence-electron chi connectivity index (χ4n) is 3.95. The summed E-state index contributed by atoms with van der Waals surface area (Å²) in [5.74, 6) is -1.40. The molecule has 6 nitrogen and oxygen atoms in total. The van der Waals surface area contributed by atoms with Gasteiger partial charge in [-0.15, -0.1) is 0 Å². The molecule has 0 amide bonds. The fourth-order valence-corrected chi connectivity index (χ4v) is 4.92. The van der Waals surface area contributed by atoms with Crippen molar-refractivity contribution in [3.63, 3.8) is 0 Å². The van der Waals surface area contributed by atoms with Crippen LogP contribution in [0.1, 0.15) is 31.8 Å². The predicted octanol–water partition coefficient (Wildman–Crippen LogP) is 6.74. The van der Waals surface area contributed by atoms with Gasteiger partial charge in [0, 0.05) is 15.6 Å². The minimum Gasteiger partial charge on any atom is -0.461 e. The Morgan fingerprint density at radius 1 is 0.829 bits per heavy atom. The standard InChI is InChI=1S/C25H17Cl4NO5/c26-15-5-7-18(20(28)9-15)23(31)34-12-25(11-14-3-1-2-4-17(14)22(25)30-33)13-35-24(32)19-8-6-16(27)10-21(19)29/h1-10,33H,11-13H2/b30-22+. The van der Waals surface area contributed by atoms with Gasteiger partial charge in [0.2, 0.25) is 0 Å². The Kier molecular flexibility index (Phi) is 7.57. The molecule has 0 heterocycles. The van der Waals surface area contributed by atoms with Gasteiger partial charge in [-0.2, -0.15) is 0 Å². The highest BCUT2D eigenvalue weighted by Gasteiger charge is 2.47. The van der Waals surface area contributed by atoms with Crippen molar-refractivity contribution in [2.24, 2.45) is 10.6 Å². The first-order chi connectivity index (χ1) is 16.7. The van der Waals surface area contributed by atoms with Crippen molar-refractivity contribution in [2.45, 2.75) is 6.42 Å². The van der Waals surface area contributed by atoms with Gasteiger partial charge >= 0.3 is 11.9 Å². The third-order valence-electron chi connectivity index (χ3n) is 5.66. The second kappa shape index (κ2) is 10.5. The van der Waals surface area contributed by atoms with E-state index in [1.165, 1.54) is 36.4 Å². The number of benzene rings is 3. The normalized spacial score (nSPS) is 15.0. The van der Waals surface area contributed by atoms with Crippen LogP contribution in [0.5, 0.6) is 0 Å². The molecule has 0 aromatic heterocycles. The summed E-state index contributed by atoms with van der Waals surface area (Å²) < 4.78 is 11.2. The Balaban J connectivity index is 1.60. The van der Waals surface area contributed by atoms with Crippen LogP contribution in [0.4, 0.5) is 0 Å². The SMILES string of the molecule is O=C(OCC1(COC(=O)c2ccc(Cl)cc2Cl)Cc2ccccc2/C1=N\O)c1ccc(Cl)cc1Cl. The van der Waals surface area contributed by atoms with E-state index in [1.54, 1.807) is 12.1 Å². The van der Waals surface area contributed by atoms with E-state index in [2.05, 4.69) is 5.16 Å². The number of rotatable bonds is 6. The van der Waals surface area contributed by atoms with Gasteiger partial charge in [0.1, 0.15) is 18.9 Å². The molecule has 0 bridgehead atoms. The Morgan fingerprint density at radius 3 is 1.83 bits per heavy atom. The van der Waals surface area contributed by atoms with Gasteiger partial charge in [-0.05, 0) is 48.4 Å². The van der Waals surface area contributed by atoms with E-state index in [-0.39, 0.29) is 40.1 Å². The number of halogens is 4. The number of hydrogen-bond donors (Lipinski definition) is 1. The summed E-state index contributed by atoms with van der Waals surface area (Å²) in [7, 11) is 0. The molecule has 1 aliphatic carbocycles. The number of fused-ring (bicyclic) bond motifs is 1. The van der Waals surface area contributed by atoms with E-state index in [9.17, 15) is 14.8 Å². The van der Waals surface area contributed by atoms with E-state index in [0.717, 1.165) is 5.56 Å². The smallest absolute Gasteiger partial charge is 0.339 e. The number of carbonyl (C=O) groups is 2. The highest BCUT2D eigenvalue weighted by atomic mass is 35.5. The third kappa shape index (κ3) is 5.26. The zero-order valence-electron chi connectivity index (χ0n) is 17.9. The van der Waals surface area contributed by atoms with Crippen molar-refractivity contribution in [3.05, 3.63) is 103 Å². The van der Waals surface area contributed by atoms with Crippen molar-refractivity contribution in [1.29, 1.82) is 0 Å². The maximum absolute atomic E-state index is 12.8. The lowest BCUT2D eigenvalue weighted by atomic mass is 9.84. The van der Waals surface area contributed by atoms with Crippen molar-refractivity contribution < 1.29 is 24.3 Å². The molecule has 0 aliphatic heterocycles. The molecule has 1 N–H and O–H groups in total. The first-order valence-electron chi connectivity index (χ1n) is 10.3. The number of hydrogen-bond acceptors (Lipinski definition) is 6. The third-order valence-corrected chi connectivity index (χ3v) is 6.76. The summed E-state index contributed by atoms with van der Waals surface area (Å²) >= 11 is 24.1. The van der Waals surface area contributed by atoms with Crippen LogP contribution >= 0.6 is 46.4 Å². The van der Waals surface area contributed by atoms with Crippen LogP contribution in [-0.2, 0) is 15.9 Å². The molecule has 35 heavy (non-hydrogen) atoms. The lowest BCUT2D eigenvalue weighted by Crippen LogP contribution is -2.40. The van der Waals surface area contributed by atoms with Crippen molar-refractivity contribution in [1.82, 2.24) is 0 Å². The second-order valence-corrected chi connectivity index (χ2v) is 9.65. The van der Waals surface area contributed by atoms with E-state index in [4.69, 9.17) is 55.9 Å². The zero-order chi connectivity index (χ0) is 25.2. The molecule has 1 aliphatic rings. The van der Waals surface area contributed by atoms with Crippen LogP contribution in [0.3, 0.4) is 0 Å². The predicted molar refractivity (Wildman–Crippen MR) is 134 cm³/mol. The molecule has 0 spiro atoms. The zero-order valence-corrected chi connectivity index (χ0v) is 21.0. The van der Waals surface area contributed by atoms with Crippen LogP contribution in [0, 0.1) is 5.41 Å². The average molecular weight is 553 g/mol. The van der Waals surface area contributed by atoms with Crippen LogP contribution in [-0.4, -0.2) is 36.1 Å². The van der Waals surface area contributed by atoms with Gasteiger partial charge in [0.05, 0.1) is 26.6 Å². The Morgan fingerprint density at radius 2 is 1.34 bits per heavy atom. The Bertz CT molecular complexity index is 1270. The van der Waals surface area contributed by atoms with Crippen LogP contribution in [0.15, 0.2) is 65.8 Å². The minimum atomic E-state index is -1.15. The summed E-state index contributed by atoms with van der Waals surface area (Å²) in [5, 5.41) is 14.4. The first kappa shape index (κ1) is 25.3. The number of ether oxygens (including phenoxy) is 2. The number of nitrogens with zero attached hydrogens (tertiary/aromatic N) is 1. The summed E-state index contributed by atoms with van der Waals surface area (Å²) in [4.78, 5) is 25.6. The summed E-state index contributed by atoms with van der Waals surface area (Å²) in [6, 6.07) is 16.1. The van der Waals surface area contributed by atoms with E-state index in [0.29, 0.717) is 22.0 Å². The molecular formula is C25H17Cl4NO5. The maximum Gasteiger partial charge on any atom is 0.339 e. The molecule has 0 atom stereocenters. The Labute approximate surface area is 221 Å². The molecule has 10 heteroatoms. The van der Waals surface area contributed by atoms with Gasteiger partial charge in [-0.3, -0.25) is 0 Å². The molecule has 0 saturated carbocycles. The van der Waals surface area contributed by atoms with Crippen LogP contribution in [0.2, 0.25) is 20.1 Å². The fraction of sp³-hybridized carbons (Fsp3) is 0.160. The number of carbonyl (C=O) groups excluding carboxylic acids is 2. The number of esters is 2. The molecule has 0 unspecified atom stereocenters. The maximum atomic E-state index is 12.8. The van der Waals surface area contributed by atoms with Crippen molar-refractivity contribution >= 4 is 64.1 Å². The Hall–Kier alpha value is -2.77. The van der Waals surface area contributed by atoms with Crippen molar-refractivity contribution in [2.75, 3.05) is 13.2 Å². The van der Waals surface area contributed by atoms with E-state index < -0.39 is 17.4 Å². The van der Waals surface area contributed by atoms with Gasteiger partial charge in [-0.1, -0.05) is 75.8 Å². The lowest BCUT2D eigenvalue weighted by molar-refractivity contribution is 0.0150. The summed E-state index contributed by atoms with van der Waals surface area (Å²) in [5.41, 5.74) is 0.834. The van der Waals surface area contributed by atoms with E-state index >= 15 is 0 Å². The van der Waals surface area contributed by atoms with Gasteiger partial charge in [0.25, 0.3) is 0 Å². The average Bonchev–Trinajstić information content (AvgIpc) is 3.14. The van der Waals surface area contributed by atoms with E-state index in [1.807, 2.05) is 12.1 Å². The highest BCUT2D eigenvalue weighted by molar-refractivity contribution is 6.37. The summed E-state index contributed by atoms with van der Waals surface area (Å²) in [6.07, 6.45) is 0.297. The highest BCUT2D eigenvalue weighted by Crippen LogP contribution is 2.39. The molecule has 3 aromatic rings. The van der Waals surface area contributed by atoms with Crippen LogP contribution < -0.4 is 0 Å². The molecule has 0 fully saturated rings. The van der Waals surface area contributed by atoms with Crippen LogP contribution in [0.25, 0.3) is 0 Å². The number of oxime groups is 1. The monoisotopic (exact) mass is 551 g/mol. The molecular weight excluding hydrogens is 536 g/mol.